The number of para-hydroxylation sites is 1. The van der Waals surface area contributed by atoms with E-state index in [0.717, 1.165) is 29.2 Å². The van der Waals surface area contributed by atoms with Crippen molar-refractivity contribution in [3.05, 3.63) is 89.5 Å². The van der Waals surface area contributed by atoms with Gasteiger partial charge in [0.05, 0.1) is 6.54 Å². The molecule has 28 heavy (non-hydrogen) atoms. The predicted molar refractivity (Wildman–Crippen MR) is 99.8 cm³/mol. The molecule has 1 atom stereocenters. The third-order valence-electron chi connectivity index (χ3n) is 4.42. The Balaban J connectivity index is 1.35. The van der Waals surface area contributed by atoms with Crippen LogP contribution in [0.15, 0.2) is 66.7 Å². The van der Waals surface area contributed by atoms with Crippen molar-refractivity contribution >= 4 is 5.91 Å². The third-order valence-corrected chi connectivity index (χ3v) is 4.42. The highest BCUT2D eigenvalue weighted by atomic mass is 19.2. The summed E-state index contributed by atoms with van der Waals surface area (Å²) in [5, 5.41) is 2.69. The summed E-state index contributed by atoms with van der Waals surface area (Å²) >= 11 is 0. The minimum absolute atomic E-state index is 0.0629. The molecule has 0 aromatic heterocycles. The first-order valence-electron chi connectivity index (χ1n) is 8.84. The molecule has 0 saturated heterocycles. The molecule has 3 aromatic rings. The van der Waals surface area contributed by atoms with Crippen LogP contribution in [-0.4, -0.2) is 18.6 Å². The summed E-state index contributed by atoms with van der Waals surface area (Å²) < 4.78 is 37.9. The van der Waals surface area contributed by atoms with Crippen LogP contribution in [0, 0.1) is 11.6 Å². The summed E-state index contributed by atoms with van der Waals surface area (Å²) in [5.41, 5.74) is 1.05. The van der Waals surface area contributed by atoms with Gasteiger partial charge in [0.15, 0.2) is 11.6 Å². The molecule has 0 fully saturated rings. The second-order valence-corrected chi connectivity index (χ2v) is 6.47. The fourth-order valence-corrected chi connectivity index (χ4v) is 3.04. The smallest absolute Gasteiger partial charge is 0.251 e. The fraction of sp³-hybridized carbons (Fsp3) is 0.136. The Labute approximate surface area is 160 Å². The van der Waals surface area contributed by atoms with E-state index in [0.29, 0.717) is 12.2 Å². The molecule has 0 bridgehead atoms. The molecule has 142 valence electrons. The van der Waals surface area contributed by atoms with Crippen molar-refractivity contribution in [2.24, 2.45) is 0 Å². The highest BCUT2D eigenvalue weighted by Gasteiger charge is 2.24. The third kappa shape index (κ3) is 3.96. The summed E-state index contributed by atoms with van der Waals surface area (Å²) in [4.78, 5) is 12.1. The number of benzene rings is 3. The van der Waals surface area contributed by atoms with E-state index in [4.69, 9.17) is 9.47 Å². The first-order valence-corrected chi connectivity index (χ1v) is 8.84. The monoisotopic (exact) mass is 381 g/mol. The van der Waals surface area contributed by atoms with Crippen molar-refractivity contribution < 1.29 is 23.0 Å². The van der Waals surface area contributed by atoms with Gasteiger partial charge < -0.3 is 14.8 Å². The lowest BCUT2D eigenvalue weighted by atomic mass is 10.1. The van der Waals surface area contributed by atoms with E-state index in [9.17, 15) is 13.6 Å². The molecular weight excluding hydrogens is 364 g/mol. The Kier molecular flexibility index (Phi) is 4.93. The number of ether oxygens (including phenoxy) is 2. The Morgan fingerprint density at radius 1 is 1.00 bits per heavy atom. The van der Waals surface area contributed by atoms with Gasteiger partial charge in [-0.2, -0.15) is 0 Å². The maximum Gasteiger partial charge on any atom is 0.251 e. The van der Waals surface area contributed by atoms with Crippen molar-refractivity contribution in [2.45, 2.75) is 12.5 Å². The van der Waals surface area contributed by atoms with Gasteiger partial charge in [0, 0.05) is 17.5 Å². The number of nitrogens with one attached hydrogen (secondary N) is 1. The van der Waals surface area contributed by atoms with Crippen LogP contribution in [0.1, 0.15) is 15.9 Å². The van der Waals surface area contributed by atoms with E-state index in [1.807, 2.05) is 48.5 Å². The molecular formula is C22H17F2NO3. The number of amides is 1. The average Bonchev–Trinajstić information content (AvgIpc) is 3.11. The van der Waals surface area contributed by atoms with Crippen LogP contribution in [0.2, 0.25) is 0 Å². The lowest BCUT2D eigenvalue weighted by Crippen LogP contribution is -2.34. The van der Waals surface area contributed by atoms with Crippen molar-refractivity contribution in [2.75, 3.05) is 6.54 Å². The molecule has 6 heteroatoms. The number of carbonyl (C=O) groups is 1. The zero-order chi connectivity index (χ0) is 19.5. The van der Waals surface area contributed by atoms with Gasteiger partial charge in [-0.05, 0) is 48.5 Å². The van der Waals surface area contributed by atoms with Crippen LogP contribution in [0.5, 0.6) is 17.2 Å². The normalized spacial score (nSPS) is 14.9. The second-order valence-electron chi connectivity index (χ2n) is 6.47. The molecule has 0 radical (unpaired) electrons. The van der Waals surface area contributed by atoms with Gasteiger partial charge in [0.25, 0.3) is 5.91 Å². The molecule has 4 rings (SSSR count). The van der Waals surface area contributed by atoms with E-state index in [1.54, 1.807) is 0 Å². The molecule has 3 aromatic carbocycles. The minimum atomic E-state index is -1.05. The van der Waals surface area contributed by atoms with E-state index in [2.05, 4.69) is 5.32 Å². The summed E-state index contributed by atoms with van der Waals surface area (Å²) in [7, 11) is 0. The largest absolute Gasteiger partial charge is 0.488 e. The lowest BCUT2D eigenvalue weighted by Gasteiger charge is -2.12. The predicted octanol–water partition coefficient (Wildman–Crippen LogP) is 4.49. The zero-order valence-electron chi connectivity index (χ0n) is 14.8. The molecule has 1 aliphatic heterocycles. The van der Waals surface area contributed by atoms with Crippen molar-refractivity contribution in [3.8, 4) is 17.2 Å². The maximum atomic E-state index is 13.3. The SMILES string of the molecule is O=C(NCC1Cc2cc(Oc3ccccc3)ccc2O1)c1ccc(F)c(F)c1. The van der Waals surface area contributed by atoms with Crippen molar-refractivity contribution in [3.63, 3.8) is 0 Å². The second kappa shape index (κ2) is 7.68. The van der Waals surface area contributed by atoms with Gasteiger partial charge in [-0.1, -0.05) is 18.2 Å². The van der Waals surface area contributed by atoms with Crippen LogP contribution in [-0.2, 0) is 6.42 Å². The zero-order valence-corrected chi connectivity index (χ0v) is 14.8. The summed E-state index contributed by atoms with van der Waals surface area (Å²) in [5.74, 6) is -0.321. The number of halogens is 2. The van der Waals surface area contributed by atoms with Gasteiger partial charge in [0.2, 0.25) is 0 Å². The molecule has 1 amide bonds. The Bertz CT molecular complexity index is 1010. The van der Waals surface area contributed by atoms with E-state index in [1.165, 1.54) is 6.07 Å². The quantitative estimate of drug-likeness (QED) is 0.708. The van der Waals surface area contributed by atoms with Crippen LogP contribution in [0.4, 0.5) is 8.78 Å². The number of hydrogen-bond acceptors (Lipinski definition) is 3. The molecule has 1 unspecified atom stereocenters. The van der Waals surface area contributed by atoms with Crippen LogP contribution < -0.4 is 14.8 Å². The molecule has 1 N–H and O–H groups in total. The standard InChI is InChI=1S/C22H17F2NO3/c23-19-8-6-14(12-20(19)24)22(26)25-13-18-11-15-10-17(7-9-21(15)28-18)27-16-4-2-1-3-5-16/h1-10,12,18H,11,13H2,(H,25,26). The highest BCUT2D eigenvalue weighted by molar-refractivity contribution is 5.94. The topological polar surface area (TPSA) is 47.6 Å². The van der Waals surface area contributed by atoms with Gasteiger partial charge in [0.1, 0.15) is 23.4 Å². The summed E-state index contributed by atoms with van der Waals surface area (Å²) in [6.07, 6.45) is 0.371. The Morgan fingerprint density at radius 3 is 2.61 bits per heavy atom. The van der Waals surface area contributed by atoms with Gasteiger partial charge in [-0.3, -0.25) is 4.79 Å². The lowest BCUT2D eigenvalue weighted by molar-refractivity contribution is 0.0933. The van der Waals surface area contributed by atoms with Crippen molar-refractivity contribution in [1.82, 2.24) is 5.32 Å². The number of carbonyl (C=O) groups excluding carboxylic acids is 1. The van der Waals surface area contributed by atoms with Crippen LogP contribution in [0.25, 0.3) is 0 Å². The first kappa shape index (κ1) is 18.0. The van der Waals surface area contributed by atoms with E-state index >= 15 is 0 Å². The number of fused-ring (bicyclic) bond motifs is 1. The fourth-order valence-electron chi connectivity index (χ4n) is 3.04. The first-order chi connectivity index (χ1) is 13.6. The summed E-state index contributed by atoms with van der Waals surface area (Å²) in [6, 6.07) is 18.1. The maximum absolute atomic E-state index is 13.3. The Hall–Kier alpha value is -3.41. The molecule has 0 saturated carbocycles. The molecule has 1 heterocycles. The van der Waals surface area contributed by atoms with E-state index in [-0.39, 0.29) is 18.2 Å². The number of rotatable bonds is 5. The molecule has 4 nitrogen and oxygen atoms in total. The Morgan fingerprint density at radius 2 is 1.82 bits per heavy atom. The minimum Gasteiger partial charge on any atom is -0.488 e. The molecule has 0 spiro atoms. The highest BCUT2D eigenvalue weighted by Crippen LogP contribution is 2.33. The van der Waals surface area contributed by atoms with Crippen LogP contribution in [0.3, 0.4) is 0 Å². The average molecular weight is 381 g/mol. The molecule has 0 aliphatic carbocycles. The van der Waals surface area contributed by atoms with Gasteiger partial charge >= 0.3 is 0 Å². The van der Waals surface area contributed by atoms with Gasteiger partial charge in [-0.25, -0.2) is 8.78 Å². The van der Waals surface area contributed by atoms with E-state index < -0.39 is 17.5 Å². The number of hydrogen-bond donors (Lipinski definition) is 1. The molecule has 1 aliphatic rings. The summed E-state index contributed by atoms with van der Waals surface area (Å²) in [6.45, 7) is 0.251. The van der Waals surface area contributed by atoms with Crippen LogP contribution >= 0.6 is 0 Å². The van der Waals surface area contributed by atoms with Crippen molar-refractivity contribution in [1.29, 1.82) is 0 Å². The van der Waals surface area contributed by atoms with Gasteiger partial charge in [-0.15, -0.1) is 0 Å².